The summed E-state index contributed by atoms with van der Waals surface area (Å²) in [6, 6.07) is 15.4. The minimum Gasteiger partial charge on any atom is -0.494 e. The Morgan fingerprint density at radius 3 is 2.94 bits per heavy atom. The number of Topliss-reactive ketones (excluding diaryl/α,β-unsaturated/α-hetero) is 1. The van der Waals surface area contributed by atoms with E-state index in [2.05, 4.69) is 12.2 Å². The predicted octanol–water partition coefficient (Wildman–Crippen LogP) is 6.03. The Bertz CT molecular complexity index is 1220. The molecule has 1 N–H and O–H groups in total. The molecule has 3 aromatic rings. The number of nitrogens with zero attached hydrogens (tertiary/aromatic N) is 3. The molecule has 0 bridgehead atoms. The van der Waals surface area contributed by atoms with Crippen molar-refractivity contribution in [2.24, 2.45) is 0 Å². The average molecular weight is 481 g/mol. The van der Waals surface area contributed by atoms with Crippen LogP contribution in [0.1, 0.15) is 49.8 Å². The first-order valence-electron chi connectivity index (χ1n) is 11.2. The van der Waals surface area contributed by atoms with Gasteiger partial charge >= 0.3 is 0 Å². The van der Waals surface area contributed by atoms with Gasteiger partial charge < -0.3 is 10.1 Å². The van der Waals surface area contributed by atoms with Crippen molar-refractivity contribution >= 4 is 35.1 Å². The summed E-state index contributed by atoms with van der Waals surface area (Å²) in [4.78, 5) is 17.8. The van der Waals surface area contributed by atoms with Gasteiger partial charge in [0.2, 0.25) is 11.1 Å². The fraction of sp³-hybridized carbons (Fsp3) is 0.320. The number of allylic oxidation sites excluding steroid dienone is 2. The number of carbonyl (C=O) groups excluding carboxylic acids is 1. The lowest BCUT2D eigenvalue weighted by atomic mass is 9.85. The predicted molar refractivity (Wildman–Crippen MR) is 131 cm³/mol. The van der Waals surface area contributed by atoms with Gasteiger partial charge in [-0.2, -0.15) is 4.98 Å². The Morgan fingerprint density at radius 1 is 1.21 bits per heavy atom. The van der Waals surface area contributed by atoms with E-state index in [4.69, 9.17) is 26.4 Å². The van der Waals surface area contributed by atoms with Gasteiger partial charge in [0.1, 0.15) is 11.8 Å². The van der Waals surface area contributed by atoms with Gasteiger partial charge in [0.25, 0.3) is 0 Å². The number of halogens is 1. The molecule has 0 amide bonds. The summed E-state index contributed by atoms with van der Waals surface area (Å²) in [5, 5.41) is 9.57. The van der Waals surface area contributed by atoms with Crippen LogP contribution in [-0.2, 0) is 10.5 Å². The maximum Gasteiger partial charge on any atom is 0.227 e. The molecular formula is C25H25ClN4O2S. The van der Waals surface area contributed by atoms with Gasteiger partial charge in [-0.1, -0.05) is 60.6 Å². The zero-order valence-electron chi connectivity index (χ0n) is 18.4. The lowest BCUT2D eigenvalue weighted by Crippen LogP contribution is -2.31. The highest BCUT2D eigenvalue weighted by Crippen LogP contribution is 2.41. The van der Waals surface area contributed by atoms with E-state index in [1.54, 1.807) is 0 Å². The molecular weight excluding hydrogens is 456 g/mol. The average Bonchev–Trinajstić information content (AvgIpc) is 3.23. The third-order valence-corrected chi connectivity index (χ3v) is 7.07. The second kappa shape index (κ2) is 9.61. The number of thioether (sulfide) groups is 1. The van der Waals surface area contributed by atoms with Crippen molar-refractivity contribution in [3.8, 4) is 5.75 Å². The smallest absolute Gasteiger partial charge is 0.227 e. The highest BCUT2D eigenvalue weighted by Gasteiger charge is 2.37. The van der Waals surface area contributed by atoms with E-state index < -0.39 is 0 Å². The Morgan fingerprint density at radius 2 is 2.09 bits per heavy atom. The van der Waals surface area contributed by atoms with Crippen molar-refractivity contribution in [2.75, 3.05) is 11.9 Å². The van der Waals surface area contributed by atoms with Crippen molar-refractivity contribution in [1.29, 1.82) is 0 Å². The fourth-order valence-electron chi connectivity index (χ4n) is 4.26. The quantitative estimate of drug-likeness (QED) is 0.416. The van der Waals surface area contributed by atoms with Crippen LogP contribution in [-0.4, -0.2) is 27.2 Å². The summed E-state index contributed by atoms with van der Waals surface area (Å²) in [6.07, 6.45) is 3.17. The minimum atomic E-state index is -0.323. The van der Waals surface area contributed by atoms with Crippen LogP contribution in [0.2, 0.25) is 5.02 Å². The van der Waals surface area contributed by atoms with Crippen LogP contribution in [0.4, 0.5) is 5.95 Å². The van der Waals surface area contributed by atoms with Crippen LogP contribution in [0.25, 0.3) is 0 Å². The van der Waals surface area contributed by atoms with Crippen molar-refractivity contribution in [3.05, 3.63) is 76.0 Å². The summed E-state index contributed by atoms with van der Waals surface area (Å²) in [7, 11) is 0. The normalized spacial score (nSPS) is 17.4. The van der Waals surface area contributed by atoms with E-state index in [0.29, 0.717) is 29.9 Å². The van der Waals surface area contributed by atoms with Gasteiger partial charge in [0, 0.05) is 28.5 Å². The number of hydrogen-bond donors (Lipinski definition) is 1. The maximum absolute atomic E-state index is 13.0. The van der Waals surface area contributed by atoms with Crippen LogP contribution in [0.5, 0.6) is 5.75 Å². The van der Waals surface area contributed by atoms with Gasteiger partial charge in [-0.25, -0.2) is 4.68 Å². The van der Waals surface area contributed by atoms with Gasteiger partial charge in [-0.15, -0.1) is 5.10 Å². The van der Waals surface area contributed by atoms with Crippen LogP contribution in [0.3, 0.4) is 0 Å². The number of aromatic nitrogens is 3. The lowest BCUT2D eigenvalue weighted by Gasteiger charge is -2.32. The van der Waals surface area contributed by atoms with Crippen molar-refractivity contribution in [3.63, 3.8) is 0 Å². The standard InChI is InChI=1S/C25H25ClN4O2S/c1-2-13-32-18-9-5-8-16(14-18)23-22-20(11-6-12-21(22)31)27-24-28-25(29-30(23)24)33-15-17-7-3-4-10-19(17)26/h3-5,7-10,14,23H,2,6,11-13,15H2,1H3,(H,27,28,29). The molecule has 5 rings (SSSR count). The molecule has 6 nitrogen and oxygen atoms in total. The van der Waals surface area contributed by atoms with E-state index in [1.807, 2.05) is 53.2 Å². The minimum absolute atomic E-state index is 0.167. The third kappa shape index (κ3) is 4.52. The van der Waals surface area contributed by atoms with Crippen molar-refractivity contribution in [1.82, 2.24) is 14.8 Å². The second-order valence-corrected chi connectivity index (χ2v) is 9.51. The van der Waals surface area contributed by atoms with E-state index in [9.17, 15) is 4.79 Å². The molecule has 0 fully saturated rings. The molecule has 1 atom stereocenters. The molecule has 2 heterocycles. The second-order valence-electron chi connectivity index (χ2n) is 8.16. The molecule has 1 aliphatic heterocycles. The number of ether oxygens (including phenoxy) is 1. The zero-order valence-corrected chi connectivity index (χ0v) is 20.0. The summed E-state index contributed by atoms with van der Waals surface area (Å²) in [5.74, 6) is 2.29. The fourth-order valence-corrected chi connectivity index (χ4v) is 5.37. The molecule has 1 aromatic heterocycles. The Labute approximate surface area is 202 Å². The molecule has 8 heteroatoms. The third-order valence-electron chi connectivity index (χ3n) is 5.81. The maximum atomic E-state index is 13.0. The first kappa shape index (κ1) is 22.0. The van der Waals surface area contributed by atoms with Gasteiger partial charge in [-0.05, 0) is 48.6 Å². The number of fused-ring (bicyclic) bond motifs is 1. The Balaban J connectivity index is 1.50. The van der Waals surface area contributed by atoms with Crippen molar-refractivity contribution < 1.29 is 9.53 Å². The largest absolute Gasteiger partial charge is 0.494 e. The van der Waals surface area contributed by atoms with Crippen LogP contribution >= 0.6 is 23.4 Å². The van der Waals surface area contributed by atoms with Crippen LogP contribution in [0.15, 0.2) is 65.0 Å². The molecule has 0 saturated heterocycles. The molecule has 0 saturated carbocycles. The summed E-state index contributed by atoms with van der Waals surface area (Å²) < 4.78 is 7.71. The van der Waals surface area contributed by atoms with Gasteiger partial charge in [0.05, 0.1) is 6.61 Å². The Kier molecular flexibility index (Phi) is 6.42. The molecule has 33 heavy (non-hydrogen) atoms. The van der Waals surface area contributed by atoms with Gasteiger partial charge in [-0.3, -0.25) is 4.79 Å². The van der Waals surface area contributed by atoms with Gasteiger partial charge in [0.15, 0.2) is 5.78 Å². The molecule has 0 radical (unpaired) electrons. The van der Waals surface area contributed by atoms with E-state index in [0.717, 1.165) is 52.4 Å². The van der Waals surface area contributed by atoms with E-state index in [1.165, 1.54) is 11.8 Å². The molecule has 1 unspecified atom stereocenters. The van der Waals surface area contributed by atoms with E-state index >= 15 is 0 Å². The molecule has 0 spiro atoms. The highest BCUT2D eigenvalue weighted by atomic mass is 35.5. The number of nitrogens with one attached hydrogen (secondary N) is 1. The van der Waals surface area contributed by atoms with E-state index in [-0.39, 0.29) is 11.8 Å². The summed E-state index contributed by atoms with van der Waals surface area (Å²) >= 11 is 7.85. The Hall–Kier alpha value is -2.77. The summed E-state index contributed by atoms with van der Waals surface area (Å²) in [6.45, 7) is 2.73. The first-order valence-corrected chi connectivity index (χ1v) is 12.6. The number of rotatable bonds is 7. The highest BCUT2D eigenvalue weighted by molar-refractivity contribution is 7.98. The van der Waals surface area contributed by atoms with Crippen LogP contribution in [0, 0.1) is 0 Å². The molecule has 2 aliphatic rings. The SMILES string of the molecule is CCCOc1cccc(C2C3=C(CCCC3=O)Nc3nc(SCc4ccccc4Cl)nn32)c1. The van der Waals surface area contributed by atoms with Crippen LogP contribution < -0.4 is 10.1 Å². The number of benzene rings is 2. The topological polar surface area (TPSA) is 69.0 Å². The number of anilines is 1. The molecule has 1 aliphatic carbocycles. The summed E-state index contributed by atoms with van der Waals surface area (Å²) in [5.41, 5.74) is 3.75. The number of carbonyl (C=O) groups is 1. The van der Waals surface area contributed by atoms with Crippen molar-refractivity contribution in [2.45, 2.75) is 49.6 Å². The number of ketones is 1. The lowest BCUT2D eigenvalue weighted by molar-refractivity contribution is -0.116. The monoisotopic (exact) mass is 480 g/mol. The molecule has 2 aromatic carbocycles. The number of hydrogen-bond acceptors (Lipinski definition) is 6. The first-order chi connectivity index (χ1) is 16.1. The zero-order chi connectivity index (χ0) is 22.8. The molecule has 170 valence electrons.